The topological polar surface area (TPSA) is 24.9 Å². The summed E-state index contributed by atoms with van der Waals surface area (Å²) in [5.41, 5.74) is 1.23. The second-order valence-electron chi connectivity index (χ2n) is 3.55. The quantitative estimate of drug-likeness (QED) is 0.785. The van der Waals surface area contributed by atoms with Crippen LogP contribution in [0.5, 0.6) is 0 Å². The second-order valence-corrected chi connectivity index (χ2v) is 4.40. The number of anilines is 1. The van der Waals surface area contributed by atoms with Crippen LogP contribution in [0.25, 0.3) is 0 Å². The number of hydrogen-bond donors (Lipinski definition) is 1. The Labute approximate surface area is 84.4 Å². The highest BCUT2D eigenvalue weighted by atomic mass is 32.1. The van der Waals surface area contributed by atoms with Crippen LogP contribution < -0.4 is 5.32 Å². The molecule has 2 nitrogen and oxygen atoms in total. The Morgan fingerprint density at radius 2 is 2.31 bits per heavy atom. The first-order valence-electron chi connectivity index (χ1n) is 4.93. The van der Waals surface area contributed by atoms with Crippen molar-refractivity contribution in [3.05, 3.63) is 11.1 Å². The lowest BCUT2D eigenvalue weighted by Gasteiger charge is -2.04. The molecule has 1 aromatic rings. The van der Waals surface area contributed by atoms with Gasteiger partial charge in [0.2, 0.25) is 0 Å². The van der Waals surface area contributed by atoms with Gasteiger partial charge in [-0.2, -0.15) is 0 Å². The number of aryl methyl sites for hydroxylation is 1. The Balaban J connectivity index is 2.44. The van der Waals surface area contributed by atoms with Gasteiger partial charge in [-0.15, -0.1) is 11.3 Å². The summed E-state index contributed by atoms with van der Waals surface area (Å²) in [6.07, 6.45) is 3.60. The van der Waals surface area contributed by atoms with E-state index in [1.54, 1.807) is 11.3 Å². The zero-order valence-corrected chi connectivity index (χ0v) is 9.45. The molecule has 13 heavy (non-hydrogen) atoms. The lowest BCUT2D eigenvalue weighted by molar-refractivity contribution is 0.780. The predicted octanol–water partition coefficient (Wildman–Crippen LogP) is 3.31. The molecule has 0 atom stereocenters. The third-order valence-electron chi connectivity index (χ3n) is 1.75. The van der Waals surface area contributed by atoms with Crippen molar-refractivity contribution in [3.8, 4) is 0 Å². The van der Waals surface area contributed by atoms with Crippen LogP contribution in [-0.4, -0.2) is 11.0 Å². The van der Waals surface area contributed by atoms with Crippen molar-refractivity contribution in [2.45, 2.75) is 46.1 Å². The molecule has 1 rings (SSSR count). The van der Waals surface area contributed by atoms with Gasteiger partial charge >= 0.3 is 0 Å². The molecule has 3 heteroatoms. The maximum atomic E-state index is 4.50. The molecule has 0 unspecified atom stereocenters. The van der Waals surface area contributed by atoms with Crippen LogP contribution in [0.4, 0.5) is 5.13 Å². The maximum Gasteiger partial charge on any atom is 0.183 e. The lowest BCUT2D eigenvalue weighted by Crippen LogP contribution is -2.09. The van der Waals surface area contributed by atoms with E-state index < -0.39 is 0 Å². The van der Waals surface area contributed by atoms with Gasteiger partial charge < -0.3 is 5.32 Å². The van der Waals surface area contributed by atoms with E-state index in [0.717, 1.165) is 11.6 Å². The second kappa shape index (κ2) is 5.22. The highest BCUT2D eigenvalue weighted by Crippen LogP contribution is 2.17. The van der Waals surface area contributed by atoms with E-state index in [4.69, 9.17) is 0 Å². The molecule has 0 spiro atoms. The molecule has 0 amide bonds. The molecule has 1 N–H and O–H groups in total. The standard InChI is InChI=1S/C10H18N2S/c1-4-5-6-9-7-13-10(12-9)11-8(2)3/h7-8H,4-6H2,1-3H3,(H,11,12). The fraction of sp³-hybridized carbons (Fsp3) is 0.700. The average Bonchev–Trinajstić information content (AvgIpc) is 2.48. The number of rotatable bonds is 5. The Kier molecular flexibility index (Phi) is 4.22. The number of aromatic nitrogens is 1. The first kappa shape index (κ1) is 10.5. The van der Waals surface area contributed by atoms with Crippen LogP contribution in [0.1, 0.15) is 39.3 Å². The molecule has 1 aromatic heterocycles. The molecule has 0 fully saturated rings. The molecule has 74 valence electrons. The number of hydrogen-bond acceptors (Lipinski definition) is 3. The van der Waals surface area contributed by atoms with Gasteiger partial charge in [0, 0.05) is 11.4 Å². The summed E-state index contributed by atoms with van der Waals surface area (Å²) in [5, 5.41) is 6.52. The smallest absolute Gasteiger partial charge is 0.183 e. The van der Waals surface area contributed by atoms with Crippen LogP contribution in [0, 0.1) is 0 Å². The van der Waals surface area contributed by atoms with Gasteiger partial charge in [0.25, 0.3) is 0 Å². The zero-order chi connectivity index (χ0) is 9.68. The summed E-state index contributed by atoms with van der Waals surface area (Å²) in [6.45, 7) is 6.47. The van der Waals surface area contributed by atoms with Crippen molar-refractivity contribution in [2.75, 3.05) is 5.32 Å². The van der Waals surface area contributed by atoms with Gasteiger partial charge in [0.05, 0.1) is 5.69 Å². The van der Waals surface area contributed by atoms with Crippen LogP contribution in [0.2, 0.25) is 0 Å². The molecule has 0 saturated carbocycles. The van der Waals surface area contributed by atoms with Gasteiger partial charge in [0.15, 0.2) is 5.13 Å². The largest absolute Gasteiger partial charge is 0.359 e. The van der Waals surface area contributed by atoms with Gasteiger partial charge in [-0.25, -0.2) is 4.98 Å². The fourth-order valence-electron chi connectivity index (χ4n) is 1.09. The summed E-state index contributed by atoms with van der Waals surface area (Å²) < 4.78 is 0. The molecule has 0 radical (unpaired) electrons. The highest BCUT2D eigenvalue weighted by Gasteiger charge is 2.01. The van der Waals surface area contributed by atoms with Crippen LogP contribution in [-0.2, 0) is 6.42 Å². The van der Waals surface area contributed by atoms with Crippen molar-refractivity contribution < 1.29 is 0 Å². The Bertz CT molecular complexity index is 243. The number of nitrogens with zero attached hydrogens (tertiary/aromatic N) is 1. The third-order valence-corrected chi connectivity index (χ3v) is 2.57. The number of unbranched alkanes of at least 4 members (excludes halogenated alkanes) is 1. The van der Waals surface area contributed by atoms with Gasteiger partial charge in [-0.1, -0.05) is 13.3 Å². The van der Waals surface area contributed by atoms with Crippen molar-refractivity contribution in [2.24, 2.45) is 0 Å². The van der Waals surface area contributed by atoms with Crippen LogP contribution in [0.15, 0.2) is 5.38 Å². The number of nitrogens with one attached hydrogen (secondary N) is 1. The molecule has 0 aliphatic rings. The normalized spacial score (nSPS) is 10.8. The molecule has 0 aliphatic heterocycles. The summed E-state index contributed by atoms with van der Waals surface area (Å²) in [5.74, 6) is 0. The van der Waals surface area contributed by atoms with Crippen LogP contribution in [0.3, 0.4) is 0 Å². The summed E-state index contributed by atoms with van der Waals surface area (Å²) >= 11 is 1.71. The van der Waals surface area contributed by atoms with E-state index in [0.29, 0.717) is 6.04 Å². The van der Waals surface area contributed by atoms with E-state index in [1.165, 1.54) is 18.5 Å². The summed E-state index contributed by atoms with van der Waals surface area (Å²) in [6, 6.07) is 0.477. The monoisotopic (exact) mass is 198 g/mol. The minimum Gasteiger partial charge on any atom is -0.359 e. The highest BCUT2D eigenvalue weighted by molar-refractivity contribution is 7.13. The molecule has 1 heterocycles. The van der Waals surface area contributed by atoms with Gasteiger partial charge in [-0.05, 0) is 26.7 Å². The summed E-state index contributed by atoms with van der Waals surface area (Å²) in [7, 11) is 0. The molecule has 0 saturated heterocycles. The Morgan fingerprint density at radius 1 is 1.54 bits per heavy atom. The molecule has 0 aromatic carbocycles. The minimum absolute atomic E-state index is 0.477. The van der Waals surface area contributed by atoms with E-state index >= 15 is 0 Å². The maximum absolute atomic E-state index is 4.50. The fourth-order valence-corrected chi connectivity index (χ4v) is 1.98. The van der Waals surface area contributed by atoms with E-state index in [9.17, 15) is 0 Å². The first-order chi connectivity index (χ1) is 6.22. The van der Waals surface area contributed by atoms with E-state index in [2.05, 4.69) is 36.5 Å². The third kappa shape index (κ3) is 3.77. The van der Waals surface area contributed by atoms with E-state index in [-0.39, 0.29) is 0 Å². The predicted molar refractivity (Wildman–Crippen MR) is 59.5 cm³/mol. The molecule has 0 aliphatic carbocycles. The van der Waals surface area contributed by atoms with Crippen molar-refractivity contribution in [1.82, 2.24) is 4.98 Å². The summed E-state index contributed by atoms with van der Waals surface area (Å²) in [4.78, 5) is 4.50. The molecular formula is C10H18N2S. The zero-order valence-electron chi connectivity index (χ0n) is 8.63. The Morgan fingerprint density at radius 3 is 2.92 bits per heavy atom. The van der Waals surface area contributed by atoms with Crippen molar-refractivity contribution >= 4 is 16.5 Å². The molecular weight excluding hydrogens is 180 g/mol. The van der Waals surface area contributed by atoms with Crippen LogP contribution >= 0.6 is 11.3 Å². The van der Waals surface area contributed by atoms with Gasteiger partial charge in [-0.3, -0.25) is 0 Å². The van der Waals surface area contributed by atoms with Gasteiger partial charge in [0.1, 0.15) is 0 Å². The number of thiazole rings is 1. The SMILES string of the molecule is CCCCc1csc(NC(C)C)n1. The first-order valence-corrected chi connectivity index (χ1v) is 5.81. The molecule has 0 bridgehead atoms. The minimum atomic E-state index is 0.477. The average molecular weight is 198 g/mol. The Hall–Kier alpha value is -0.570. The van der Waals surface area contributed by atoms with E-state index in [1.807, 2.05) is 0 Å². The van der Waals surface area contributed by atoms with Crippen molar-refractivity contribution in [1.29, 1.82) is 0 Å². The van der Waals surface area contributed by atoms with Crippen molar-refractivity contribution in [3.63, 3.8) is 0 Å². The lowest BCUT2D eigenvalue weighted by atomic mass is 10.2.